The maximum Gasteiger partial charge on any atom is 0.0793 e. The smallest absolute Gasteiger partial charge is 0.0793 e. The summed E-state index contributed by atoms with van der Waals surface area (Å²) in [7, 11) is 0. The van der Waals surface area contributed by atoms with Crippen LogP contribution in [0.4, 0.5) is 0 Å². The second-order valence-electron chi connectivity index (χ2n) is 4.32. The molecule has 0 saturated heterocycles. The Bertz CT molecular complexity index is 450. The van der Waals surface area contributed by atoms with E-state index in [0.29, 0.717) is 0 Å². The van der Waals surface area contributed by atoms with E-state index in [1.54, 1.807) is 12.4 Å². The van der Waals surface area contributed by atoms with Gasteiger partial charge in [-0.05, 0) is 43.0 Å². The van der Waals surface area contributed by atoms with Crippen LogP contribution < -0.4 is 0 Å². The monoisotopic (exact) mass is 227 g/mol. The zero-order valence-corrected chi connectivity index (χ0v) is 10.0. The second kappa shape index (κ2) is 5.60. The minimum atomic E-state index is -0.385. The molecule has 0 aliphatic heterocycles. The summed E-state index contributed by atoms with van der Waals surface area (Å²) in [6.45, 7) is 2.05. The number of aliphatic hydroxyl groups excluding tert-OH is 1. The van der Waals surface area contributed by atoms with Crippen LogP contribution in [0.2, 0.25) is 0 Å². The first kappa shape index (κ1) is 11.8. The summed E-state index contributed by atoms with van der Waals surface area (Å²) in [5, 5.41) is 10.1. The van der Waals surface area contributed by atoms with Crippen LogP contribution in [0.3, 0.4) is 0 Å². The topological polar surface area (TPSA) is 33.1 Å². The van der Waals surface area contributed by atoms with E-state index in [-0.39, 0.29) is 6.10 Å². The van der Waals surface area contributed by atoms with Gasteiger partial charge in [0.25, 0.3) is 0 Å². The van der Waals surface area contributed by atoms with Gasteiger partial charge in [0.2, 0.25) is 0 Å². The average molecular weight is 227 g/mol. The Hall–Kier alpha value is -1.67. The van der Waals surface area contributed by atoms with Gasteiger partial charge < -0.3 is 5.11 Å². The molecule has 0 aliphatic carbocycles. The molecule has 1 unspecified atom stereocenters. The second-order valence-corrected chi connectivity index (χ2v) is 4.32. The molecular weight excluding hydrogens is 210 g/mol. The highest BCUT2D eigenvalue weighted by atomic mass is 16.3. The van der Waals surface area contributed by atoms with Crippen molar-refractivity contribution in [1.29, 1.82) is 0 Å². The first-order valence-electron chi connectivity index (χ1n) is 5.89. The molecule has 1 aromatic heterocycles. The van der Waals surface area contributed by atoms with Crippen LogP contribution in [0.5, 0.6) is 0 Å². The fraction of sp³-hybridized carbons (Fsp3) is 0.267. The number of hydrogen-bond donors (Lipinski definition) is 1. The number of aromatic nitrogens is 1. The first-order chi connectivity index (χ1) is 8.25. The maximum atomic E-state index is 10.1. The molecule has 1 N–H and O–H groups in total. The van der Waals surface area contributed by atoms with E-state index >= 15 is 0 Å². The van der Waals surface area contributed by atoms with Gasteiger partial charge in [0.15, 0.2) is 0 Å². The molecule has 1 heterocycles. The Labute approximate surface area is 102 Å². The molecule has 1 aromatic carbocycles. The minimum absolute atomic E-state index is 0.385. The highest BCUT2D eigenvalue weighted by Gasteiger charge is 2.07. The molecule has 0 radical (unpaired) electrons. The number of nitrogens with zero attached hydrogens (tertiary/aromatic N) is 1. The van der Waals surface area contributed by atoms with E-state index in [1.807, 2.05) is 43.3 Å². The van der Waals surface area contributed by atoms with Crippen molar-refractivity contribution >= 4 is 0 Å². The van der Waals surface area contributed by atoms with Crippen molar-refractivity contribution in [1.82, 2.24) is 4.98 Å². The first-order valence-corrected chi connectivity index (χ1v) is 5.89. The lowest BCUT2D eigenvalue weighted by Crippen LogP contribution is -1.99. The van der Waals surface area contributed by atoms with Crippen LogP contribution in [0.25, 0.3) is 0 Å². The van der Waals surface area contributed by atoms with E-state index in [9.17, 15) is 5.11 Å². The summed E-state index contributed by atoms with van der Waals surface area (Å²) >= 11 is 0. The number of rotatable bonds is 4. The molecule has 0 aliphatic rings. The number of pyridine rings is 1. The summed E-state index contributed by atoms with van der Waals surface area (Å²) in [5.74, 6) is 0. The molecule has 0 bridgehead atoms. The predicted octanol–water partition coefficient (Wildman–Crippen LogP) is 3.06. The van der Waals surface area contributed by atoms with Gasteiger partial charge >= 0.3 is 0 Å². The Balaban J connectivity index is 1.93. The van der Waals surface area contributed by atoms with Crippen LogP contribution in [-0.2, 0) is 6.42 Å². The van der Waals surface area contributed by atoms with Gasteiger partial charge in [-0.2, -0.15) is 0 Å². The molecule has 2 rings (SSSR count). The SMILES string of the molecule is Cc1ccc(C(O)CCc2ccncc2)cc1. The van der Waals surface area contributed by atoms with E-state index in [4.69, 9.17) is 0 Å². The molecule has 1 atom stereocenters. The Morgan fingerprint density at radius 2 is 1.71 bits per heavy atom. The molecule has 0 fully saturated rings. The van der Waals surface area contributed by atoms with Crippen molar-refractivity contribution in [3.05, 3.63) is 65.5 Å². The Kier molecular flexibility index (Phi) is 3.89. The molecular formula is C15H17NO. The normalized spacial score (nSPS) is 12.4. The van der Waals surface area contributed by atoms with E-state index < -0.39 is 0 Å². The summed E-state index contributed by atoms with van der Waals surface area (Å²) < 4.78 is 0. The maximum absolute atomic E-state index is 10.1. The van der Waals surface area contributed by atoms with Gasteiger partial charge in [0.05, 0.1) is 6.10 Å². The van der Waals surface area contributed by atoms with Gasteiger partial charge in [0.1, 0.15) is 0 Å². The predicted molar refractivity (Wildman–Crippen MR) is 68.7 cm³/mol. The summed E-state index contributed by atoms with van der Waals surface area (Å²) in [6, 6.07) is 12.0. The molecule has 0 saturated carbocycles. The minimum Gasteiger partial charge on any atom is -0.388 e. The lowest BCUT2D eigenvalue weighted by molar-refractivity contribution is 0.168. The van der Waals surface area contributed by atoms with Crippen molar-refractivity contribution in [2.45, 2.75) is 25.9 Å². The van der Waals surface area contributed by atoms with Crippen molar-refractivity contribution in [2.24, 2.45) is 0 Å². The van der Waals surface area contributed by atoms with Crippen LogP contribution in [0, 0.1) is 6.92 Å². The van der Waals surface area contributed by atoms with Gasteiger partial charge in [-0.3, -0.25) is 4.98 Å². The van der Waals surface area contributed by atoms with E-state index in [1.165, 1.54) is 11.1 Å². The lowest BCUT2D eigenvalue weighted by atomic mass is 10.0. The van der Waals surface area contributed by atoms with Crippen molar-refractivity contribution in [3.63, 3.8) is 0 Å². The highest BCUT2D eigenvalue weighted by Crippen LogP contribution is 2.19. The van der Waals surface area contributed by atoms with Gasteiger partial charge in [-0.25, -0.2) is 0 Å². The number of aryl methyl sites for hydroxylation is 2. The third-order valence-electron chi connectivity index (χ3n) is 2.92. The van der Waals surface area contributed by atoms with Crippen LogP contribution in [0.15, 0.2) is 48.8 Å². The Morgan fingerprint density at radius 1 is 1.06 bits per heavy atom. The van der Waals surface area contributed by atoms with Crippen molar-refractivity contribution in [3.8, 4) is 0 Å². The van der Waals surface area contributed by atoms with Gasteiger partial charge in [-0.1, -0.05) is 29.8 Å². The molecule has 0 spiro atoms. The summed E-state index contributed by atoms with van der Waals surface area (Å²) in [4.78, 5) is 3.98. The van der Waals surface area contributed by atoms with Crippen LogP contribution >= 0.6 is 0 Å². The fourth-order valence-corrected chi connectivity index (χ4v) is 1.81. The third kappa shape index (κ3) is 3.40. The van der Waals surface area contributed by atoms with Gasteiger partial charge in [0, 0.05) is 12.4 Å². The third-order valence-corrected chi connectivity index (χ3v) is 2.92. The zero-order chi connectivity index (χ0) is 12.1. The lowest BCUT2D eigenvalue weighted by Gasteiger charge is -2.11. The fourth-order valence-electron chi connectivity index (χ4n) is 1.81. The quantitative estimate of drug-likeness (QED) is 0.870. The number of aliphatic hydroxyl groups is 1. The summed E-state index contributed by atoms with van der Waals surface area (Å²) in [6.07, 6.45) is 4.80. The van der Waals surface area contributed by atoms with Crippen molar-refractivity contribution < 1.29 is 5.11 Å². The molecule has 0 amide bonds. The number of benzene rings is 1. The van der Waals surface area contributed by atoms with Crippen molar-refractivity contribution in [2.75, 3.05) is 0 Å². The zero-order valence-electron chi connectivity index (χ0n) is 10.0. The van der Waals surface area contributed by atoms with Crippen LogP contribution in [0.1, 0.15) is 29.2 Å². The van der Waals surface area contributed by atoms with E-state index in [2.05, 4.69) is 4.98 Å². The summed E-state index contributed by atoms with van der Waals surface area (Å²) in [5.41, 5.74) is 3.42. The molecule has 2 heteroatoms. The standard InChI is InChI=1S/C15H17NO/c1-12-2-5-14(6-3-12)15(17)7-4-13-8-10-16-11-9-13/h2-3,5-6,8-11,15,17H,4,7H2,1H3. The molecule has 2 aromatic rings. The Morgan fingerprint density at radius 3 is 2.35 bits per heavy atom. The molecule has 17 heavy (non-hydrogen) atoms. The largest absolute Gasteiger partial charge is 0.388 e. The van der Waals surface area contributed by atoms with E-state index in [0.717, 1.165) is 18.4 Å². The highest BCUT2D eigenvalue weighted by molar-refractivity contribution is 5.23. The molecule has 88 valence electrons. The number of hydrogen-bond acceptors (Lipinski definition) is 2. The average Bonchev–Trinajstić information content (AvgIpc) is 2.38. The molecule has 2 nitrogen and oxygen atoms in total. The van der Waals surface area contributed by atoms with Crippen LogP contribution in [-0.4, -0.2) is 10.1 Å². The van der Waals surface area contributed by atoms with Gasteiger partial charge in [-0.15, -0.1) is 0 Å².